The van der Waals surface area contributed by atoms with Crippen LogP contribution in [0.15, 0.2) is 39.2 Å². The number of nitrogens with one attached hydrogen (secondary N) is 1. The Kier molecular flexibility index (Phi) is 3.72. The van der Waals surface area contributed by atoms with Crippen molar-refractivity contribution in [2.75, 3.05) is 5.32 Å². The molecule has 128 valence electrons. The maximum Gasteiger partial charge on any atom is 0.332 e. The Morgan fingerprint density at radius 1 is 1.36 bits per heavy atom. The van der Waals surface area contributed by atoms with Crippen molar-refractivity contribution >= 4 is 34.2 Å². The zero-order chi connectivity index (χ0) is 17.6. The van der Waals surface area contributed by atoms with Crippen molar-refractivity contribution in [1.29, 1.82) is 0 Å². The summed E-state index contributed by atoms with van der Waals surface area (Å²) in [7, 11) is 0. The van der Waals surface area contributed by atoms with E-state index < -0.39 is 23.0 Å². The summed E-state index contributed by atoms with van der Waals surface area (Å²) in [5.41, 5.74) is -0.102. The van der Waals surface area contributed by atoms with Gasteiger partial charge in [0, 0.05) is 17.1 Å². The summed E-state index contributed by atoms with van der Waals surface area (Å²) < 4.78 is 19.7. The SMILES string of the molecule is O=C(Cn1c(=O)n(C2CC2)c(=O)c2nscc21)Nc1cccc(F)c1. The maximum absolute atomic E-state index is 13.2. The highest BCUT2D eigenvalue weighted by Crippen LogP contribution is 2.32. The monoisotopic (exact) mass is 360 g/mol. The maximum atomic E-state index is 13.2. The van der Waals surface area contributed by atoms with E-state index in [0.29, 0.717) is 11.2 Å². The number of carbonyl (C=O) groups excluding carboxylic acids is 1. The van der Waals surface area contributed by atoms with Crippen LogP contribution >= 0.6 is 11.5 Å². The molecule has 1 aliphatic rings. The third-order valence-corrected chi connectivity index (χ3v) is 4.64. The second kappa shape index (κ2) is 5.92. The second-order valence-corrected chi connectivity index (χ2v) is 6.51. The van der Waals surface area contributed by atoms with E-state index in [-0.39, 0.29) is 18.1 Å². The average Bonchev–Trinajstić information content (AvgIpc) is 3.26. The Morgan fingerprint density at radius 2 is 2.16 bits per heavy atom. The molecule has 2 heterocycles. The van der Waals surface area contributed by atoms with Crippen LogP contribution in [0.2, 0.25) is 0 Å². The molecule has 1 saturated carbocycles. The summed E-state index contributed by atoms with van der Waals surface area (Å²) in [6.07, 6.45) is 1.53. The normalized spacial score (nSPS) is 14.0. The fourth-order valence-corrected chi connectivity index (χ4v) is 3.39. The van der Waals surface area contributed by atoms with Crippen molar-refractivity contribution in [2.24, 2.45) is 0 Å². The number of anilines is 1. The number of halogens is 1. The van der Waals surface area contributed by atoms with Crippen molar-refractivity contribution < 1.29 is 9.18 Å². The molecule has 2 aromatic heterocycles. The van der Waals surface area contributed by atoms with Gasteiger partial charge in [-0.25, -0.2) is 9.18 Å². The van der Waals surface area contributed by atoms with Crippen LogP contribution in [0.25, 0.3) is 11.0 Å². The quantitative estimate of drug-likeness (QED) is 0.768. The van der Waals surface area contributed by atoms with Gasteiger partial charge in [0.1, 0.15) is 12.4 Å². The lowest BCUT2D eigenvalue weighted by Gasteiger charge is -2.11. The number of benzene rings is 1. The van der Waals surface area contributed by atoms with Crippen molar-refractivity contribution in [2.45, 2.75) is 25.4 Å². The molecule has 0 unspecified atom stereocenters. The van der Waals surface area contributed by atoms with Gasteiger partial charge in [0.2, 0.25) is 5.91 Å². The lowest BCUT2D eigenvalue weighted by molar-refractivity contribution is -0.116. The summed E-state index contributed by atoms with van der Waals surface area (Å²) in [5.74, 6) is -0.956. The highest BCUT2D eigenvalue weighted by molar-refractivity contribution is 7.04. The van der Waals surface area contributed by atoms with Crippen molar-refractivity contribution in [3.63, 3.8) is 0 Å². The number of hydrogen-bond acceptors (Lipinski definition) is 5. The first-order chi connectivity index (χ1) is 12.0. The topological polar surface area (TPSA) is 86.0 Å². The predicted molar refractivity (Wildman–Crippen MR) is 91.4 cm³/mol. The van der Waals surface area contributed by atoms with E-state index in [1.54, 1.807) is 11.4 Å². The smallest absolute Gasteiger partial charge is 0.324 e. The molecule has 3 aromatic rings. The van der Waals surface area contributed by atoms with Crippen LogP contribution in [0.1, 0.15) is 18.9 Å². The molecule has 0 atom stereocenters. The van der Waals surface area contributed by atoms with Gasteiger partial charge in [-0.1, -0.05) is 6.07 Å². The minimum Gasteiger partial charge on any atom is -0.324 e. The highest BCUT2D eigenvalue weighted by Gasteiger charge is 2.29. The van der Waals surface area contributed by atoms with Crippen molar-refractivity contribution in [3.8, 4) is 0 Å². The molecule has 0 bridgehead atoms. The number of amides is 1. The van der Waals surface area contributed by atoms with Gasteiger partial charge in [-0.15, -0.1) is 0 Å². The van der Waals surface area contributed by atoms with Crippen LogP contribution in [0, 0.1) is 5.82 Å². The summed E-state index contributed by atoms with van der Waals surface area (Å²) in [4.78, 5) is 37.4. The van der Waals surface area contributed by atoms with E-state index >= 15 is 0 Å². The van der Waals surface area contributed by atoms with E-state index in [2.05, 4.69) is 9.69 Å². The summed E-state index contributed by atoms with van der Waals surface area (Å²) in [5, 5.41) is 4.13. The summed E-state index contributed by atoms with van der Waals surface area (Å²) in [6.45, 7) is -0.280. The van der Waals surface area contributed by atoms with Crippen LogP contribution in [-0.2, 0) is 11.3 Å². The van der Waals surface area contributed by atoms with Crippen LogP contribution in [0.4, 0.5) is 10.1 Å². The standard InChI is InChI=1S/C16H13FN4O3S/c17-9-2-1-3-10(6-9)18-13(22)7-20-12-8-25-19-14(12)15(23)21(16(20)24)11-4-5-11/h1-3,6,8,11H,4-5,7H2,(H,18,22). The van der Waals surface area contributed by atoms with Gasteiger partial charge >= 0.3 is 5.69 Å². The van der Waals surface area contributed by atoms with Gasteiger partial charge in [-0.2, -0.15) is 4.37 Å². The van der Waals surface area contributed by atoms with Crippen LogP contribution in [0.3, 0.4) is 0 Å². The molecule has 1 fully saturated rings. The molecule has 0 saturated heterocycles. The van der Waals surface area contributed by atoms with Crippen molar-refractivity contribution in [3.05, 3.63) is 56.3 Å². The van der Waals surface area contributed by atoms with Crippen LogP contribution in [-0.4, -0.2) is 19.4 Å². The molecule has 0 spiro atoms. The third-order valence-electron chi connectivity index (χ3n) is 4.02. The van der Waals surface area contributed by atoms with Gasteiger partial charge in [-0.3, -0.25) is 18.7 Å². The molecule has 1 aliphatic carbocycles. The predicted octanol–water partition coefficient (Wildman–Crippen LogP) is 1.73. The molecule has 4 rings (SSSR count). The number of fused-ring (bicyclic) bond motifs is 1. The van der Waals surface area contributed by atoms with E-state index in [1.165, 1.54) is 27.3 Å². The van der Waals surface area contributed by atoms with Gasteiger partial charge in [0.15, 0.2) is 5.52 Å². The van der Waals surface area contributed by atoms with E-state index in [9.17, 15) is 18.8 Å². The molecular formula is C16H13FN4O3S. The lowest BCUT2D eigenvalue weighted by atomic mass is 10.3. The zero-order valence-electron chi connectivity index (χ0n) is 12.9. The fourth-order valence-electron chi connectivity index (χ4n) is 2.72. The zero-order valence-corrected chi connectivity index (χ0v) is 13.8. The molecule has 0 aliphatic heterocycles. The first kappa shape index (κ1) is 15.7. The van der Waals surface area contributed by atoms with Gasteiger partial charge in [-0.05, 0) is 42.6 Å². The highest BCUT2D eigenvalue weighted by atomic mass is 32.1. The fraction of sp³-hybridized carbons (Fsp3) is 0.250. The Bertz CT molecular complexity index is 1100. The molecule has 0 radical (unpaired) electrons. The number of carbonyl (C=O) groups is 1. The Hall–Kier alpha value is -2.81. The van der Waals surface area contributed by atoms with Gasteiger partial charge < -0.3 is 5.32 Å². The van der Waals surface area contributed by atoms with Gasteiger partial charge in [0.25, 0.3) is 5.56 Å². The number of nitrogens with zero attached hydrogens (tertiary/aromatic N) is 3. The largest absolute Gasteiger partial charge is 0.332 e. The van der Waals surface area contributed by atoms with E-state index in [1.807, 2.05) is 0 Å². The number of hydrogen-bond donors (Lipinski definition) is 1. The van der Waals surface area contributed by atoms with Crippen LogP contribution in [0.5, 0.6) is 0 Å². The first-order valence-corrected chi connectivity index (χ1v) is 8.53. The molecule has 9 heteroatoms. The molecule has 1 N–H and O–H groups in total. The van der Waals surface area contributed by atoms with Gasteiger partial charge in [0.05, 0.1) is 5.52 Å². The second-order valence-electron chi connectivity index (χ2n) is 5.88. The average molecular weight is 360 g/mol. The van der Waals surface area contributed by atoms with E-state index in [0.717, 1.165) is 24.4 Å². The molecule has 7 nitrogen and oxygen atoms in total. The minimum absolute atomic E-state index is 0.122. The number of rotatable bonds is 4. The first-order valence-electron chi connectivity index (χ1n) is 7.69. The Balaban J connectivity index is 1.71. The Labute approximate surface area is 144 Å². The number of aromatic nitrogens is 3. The minimum atomic E-state index is -0.519. The molecule has 1 aromatic carbocycles. The van der Waals surface area contributed by atoms with E-state index in [4.69, 9.17) is 0 Å². The van der Waals surface area contributed by atoms with Crippen molar-refractivity contribution in [1.82, 2.24) is 13.5 Å². The summed E-state index contributed by atoms with van der Waals surface area (Å²) in [6, 6.07) is 5.37. The molecular weight excluding hydrogens is 347 g/mol. The Morgan fingerprint density at radius 3 is 2.88 bits per heavy atom. The molecule has 25 heavy (non-hydrogen) atoms. The lowest BCUT2D eigenvalue weighted by Crippen LogP contribution is -2.41. The summed E-state index contributed by atoms with van der Waals surface area (Å²) >= 11 is 1.06. The van der Waals surface area contributed by atoms with Crippen LogP contribution < -0.4 is 16.6 Å². The molecule has 1 amide bonds. The third kappa shape index (κ3) is 2.86.